The van der Waals surface area contributed by atoms with Gasteiger partial charge in [0.05, 0.1) is 16.6 Å². The maximum absolute atomic E-state index is 10.1. The van der Waals surface area contributed by atoms with E-state index >= 15 is 0 Å². The van der Waals surface area contributed by atoms with E-state index in [0.29, 0.717) is 16.4 Å². The Balaban J connectivity index is 1.67. The number of aromatic amines is 1. The van der Waals surface area contributed by atoms with Crippen molar-refractivity contribution in [2.24, 2.45) is 0 Å². The van der Waals surface area contributed by atoms with Crippen LogP contribution >= 0.6 is 23.2 Å². The van der Waals surface area contributed by atoms with Crippen LogP contribution in [0.25, 0.3) is 34.6 Å². The van der Waals surface area contributed by atoms with Crippen molar-refractivity contribution in [1.29, 1.82) is 0 Å². The molecule has 0 amide bonds. The molecule has 0 spiro atoms. The number of hydrogen-bond donors (Lipinski definition) is 2. The lowest BCUT2D eigenvalue weighted by Crippen LogP contribution is -1.81. The predicted octanol–water partition coefficient (Wildman–Crippen LogP) is 6.41. The van der Waals surface area contributed by atoms with Crippen molar-refractivity contribution >= 4 is 46.4 Å². The van der Waals surface area contributed by atoms with Gasteiger partial charge in [-0.05, 0) is 53.6 Å². The highest BCUT2D eigenvalue weighted by Gasteiger charge is 2.10. The van der Waals surface area contributed by atoms with E-state index in [-0.39, 0.29) is 5.75 Å². The summed E-state index contributed by atoms with van der Waals surface area (Å²) in [6, 6.07) is 18.5. The van der Waals surface area contributed by atoms with Crippen molar-refractivity contribution in [3.8, 4) is 17.1 Å². The van der Waals surface area contributed by atoms with Crippen LogP contribution in [0.1, 0.15) is 11.1 Å². The molecule has 3 nitrogen and oxygen atoms in total. The van der Waals surface area contributed by atoms with Gasteiger partial charge in [-0.2, -0.15) is 0 Å². The Hall–Kier alpha value is -2.75. The van der Waals surface area contributed by atoms with E-state index in [0.717, 1.165) is 27.2 Å². The number of hydrogen-bond acceptors (Lipinski definition) is 2. The fraction of sp³-hybridized carbons (Fsp3) is 0. The number of nitrogens with zero attached hydrogens (tertiary/aromatic N) is 1. The van der Waals surface area contributed by atoms with Gasteiger partial charge < -0.3 is 10.1 Å². The molecule has 1 aromatic heterocycles. The molecule has 0 aliphatic heterocycles. The van der Waals surface area contributed by atoms with Crippen molar-refractivity contribution in [3.05, 3.63) is 81.8 Å². The Bertz CT molecular complexity index is 1110. The smallest absolute Gasteiger partial charge is 0.142 e. The molecule has 2 N–H and O–H groups in total. The molecule has 0 aliphatic carbocycles. The van der Waals surface area contributed by atoms with Crippen LogP contribution in [0, 0.1) is 0 Å². The first-order chi connectivity index (χ1) is 12.6. The number of H-pyrrole nitrogens is 1. The van der Waals surface area contributed by atoms with Crippen LogP contribution in [-0.2, 0) is 0 Å². The second-order valence-electron chi connectivity index (χ2n) is 5.91. The second kappa shape index (κ2) is 6.87. The third kappa shape index (κ3) is 3.45. The number of fused-ring (bicyclic) bond motifs is 1. The van der Waals surface area contributed by atoms with E-state index in [1.54, 1.807) is 18.2 Å². The average Bonchev–Trinajstić information content (AvgIpc) is 3.06. The normalized spacial score (nSPS) is 11.5. The van der Waals surface area contributed by atoms with Gasteiger partial charge >= 0.3 is 0 Å². The third-order valence-electron chi connectivity index (χ3n) is 4.06. The van der Waals surface area contributed by atoms with Crippen LogP contribution in [0.2, 0.25) is 10.0 Å². The summed E-state index contributed by atoms with van der Waals surface area (Å²) in [7, 11) is 0. The van der Waals surface area contributed by atoms with Crippen molar-refractivity contribution in [2.75, 3.05) is 0 Å². The number of benzene rings is 3. The largest absolute Gasteiger partial charge is 0.507 e. The van der Waals surface area contributed by atoms with Crippen LogP contribution < -0.4 is 0 Å². The predicted molar refractivity (Wildman–Crippen MR) is 109 cm³/mol. The Morgan fingerprint density at radius 1 is 0.808 bits per heavy atom. The van der Waals surface area contributed by atoms with E-state index in [1.807, 2.05) is 54.6 Å². The van der Waals surface area contributed by atoms with Gasteiger partial charge in [0, 0.05) is 10.0 Å². The van der Waals surface area contributed by atoms with E-state index < -0.39 is 0 Å². The number of rotatable bonds is 3. The number of phenolic OH excluding ortho intramolecular Hbond substituents is 1. The standard InChI is InChI=1S/C21H14Cl2N2O/c22-15-6-3-13(4-7-15)1-2-14-5-9-18-19(11-14)25-21(24-18)17-12-16(23)8-10-20(17)26/h1-12,26H,(H,24,25). The monoisotopic (exact) mass is 380 g/mol. The van der Waals surface area contributed by atoms with Gasteiger partial charge in [-0.1, -0.05) is 53.6 Å². The van der Waals surface area contributed by atoms with Crippen molar-refractivity contribution < 1.29 is 5.11 Å². The maximum Gasteiger partial charge on any atom is 0.142 e. The fourth-order valence-corrected chi connectivity index (χ4v) is 3.02. The number of nitrogens with one attached hydrogen (secondary N) is 1. The van der Waals surface area contributed by atoms with Gasteiger partial charge in [0.15, 0.2) is 0 Å². The van der Waals surface area contributed by atoms with Gasteiger partial charge in [0.25, 0.3) is 0 Å². The van der Waals surface area contributed by atoms with Crippen LogP contribution in [-0.4, -0.2) is 15.1 Å². The summed E-state index contributed by atoms with van der Waals surface area (Å²) in [5.41, 5.74) is 4.40. The van der Waals surface area contributed by atoms with Crippen molar-refractivity contribution in [1.82, 2.24) is 9.97 Å². The molecule has 0 bridgehead atoms. The van der Waals surface area contributed by atoms with Crippen LogP contribution in [0.15, 0.2) is 60.7 Å². The Morgan fingerprint density at radius 2 is 1.50 bits per heavy atom. The first-order valence-electron chi connectivity index (χ1n) is 8.01. The van der Waals surface area contributed by atoms with Gasteiger partial charge in [-0.15, -0.1) is 0 Å². The molecule has 3 aromatic carbocycles. The van der Waals surface area contributed by atoms with E-state index in [9.17, 15) is 5.11 Å². The summed E-state index contributed by atoms with van der Waals surface area (Å²) in [6.45, 7) is 0. The maximum atomic E-state index is 10.1. The van der Waals surface area contributed by atoms with Crippen LogP contribution in [0.4, 0.5) is 0 Å². The summed E-state index contributed by atoms with van der Waals surface area (Å²) in [5.74, 6) is 0.718. The first kappa shape index (κ1) is 16.7. The highest BCUT2D eigenvalue weighted by Crippen LogP contribution is 2.31. The van der Waals surface area contributed by atoms with Gasteiger partial charge in [-0.25, -0.2) is 4.98 Å². The lowest BCUT2D eigenvalue weighted by Gasteiger charge is -2.01. The van der Waals surface area contributed by atoms with Crippen molar-refractivity contribution in [3.63, 3.8) is 0 Å². The lowest BCUT2D eigenvalue weighted by molar-refractivity contribution is 0.477. The van der Waals surface area contributed by atoms with Gasteiger partial charge in [0.2, 0.25) is 0 Å². The summed E-state index contributed by atoms with van der Waals surface area (Å²) >= 11 is 11.9. The Kier molecular flexibility index (Phi) is 4.41. The summed E-state index contributed by atoms with van der Waals surface area (Å²) in [4.78, 5) is 7.79. The highest BCUT2D eigenvalue weighted by molar-refractivity contribution is 6.31. The minimum absolute atomic E-state index is 0.135. The molecular formula is C21H14Cl2N2O. The molecule has 0 saturated heterocycles. The highest BCUT2D eigenvalue weighted by atomic mass is 35.5. The molecule has 5 heteroatoms. The number of phenols is 1. The number of aromatic hydroxyl groups is 1. The molecule has 0 radical (unpaired) electrons. The fourth-order valence-electron chi connectivity index (χ4n) is 2.72. The Morgan fingerprint density at radius 3 is 2.31 bits per heavy atom. The second-order valence-corrected chi connectivity index (χ2v) is 6.78. The summed E-state index contributed by atoms with van der Waals surface area (Å²) < 4.78 is 0. The van der Waals surface area contributed by atoms with Crippen LogP contribution in [0.5, 0.6) is 5.75 Å². The molecule has 0 atom stereocenters. The molecule has 26 heavy (non-hydrogen) atoms. The van der Waals surface area contributed by atoms with Crippen molar-refractivity contribution in [2.45, 2.75) is 0 Å². The van der Waals surface area contributed by atoms with E-state index in [4.69, 9.17) is 23.2 Å². The molecule has 0 unspecified atom stereocenters. The van der Waals surface area contributed by atoms with Crippen LogP contribution in [0.3, 0.4) is 0 Å². The topological polar surface area (TPSA) is 48.9 Å². The number of aromatic nitrogens is 2. The SMILES string of the molecule is Oc1ccc(Cl)cc1-c1nc2ccc(C=Cc3ccc(Cl)cc3)cc2[nH]1. The zero-order chi connectivity index (χ0) is 18.1. The zero-order valence-electron chi connectivity index (χ0n) is 13.6. The number of imidazole rings is 1. The van der Waals surface area contributed by atoms with E-state index in [1.165, 1.54) is 0 Å². The summed E-state index contributed by atoms with van der Waals surface area (Å²) in [5, 5.41) is 11.3. The van der Waals surface area contributed by atoms with Gasteiger partial charge in [-0.3, -0.25) is 0 Å². The Labute approximate surface area is 160 Å². The zero-order valence-corrected chi connectivity index (χ0v) is 15.1. The molecule has 4 aromatic rings. The van der Waals surface area contributed by atoms with E-state index in [2.05, 4.69) is 9.97 Å². The third-order valence-corrected chi connectivity index (χ3v) is 4.54. The van der Waals surface area contributed by atoms with Gasteiger partial charge in [0.1, 0.15) is 11.6 Å². The molecule has 1 heterocycles. The summed E-state index contributed by atoms with van der Waals surface area (Å²) in [6.07, 6.45) is 4.05. The minimum atomic E-state index is 0.135. The molecule has 0 fully saturated rings. The quantitative estimate of drug-likeness (QED) is 0.403. The molecular weight excluding hydrogens is 367 g/mol. The molecule has 128 valence electrons. The first-order valence-corrected chi connectivity index (χ1v) is 8.76. The molecule has 0 aliphatic rings. The minimum Gasteiger partial charge on any atom is -0.507 e. The molecule has 4 rings (SSSR count). The average molecular weight is 381 g/mol. The lowest BCUT2D eigenvalue weighted by atomic mass is 10.1. The number of halogens is 2. The molecule has 0 saturated carbocycles.